The Morgan fingerprint density at radius 3 is 2.57 bits per heavy atom. The van der Waals surface area contributed by atoms with Crippen LogP contribution in [-0.2, 0) is 11.3 Å². The highest BCUT2D eigenvalue weighted by atomic mass is 16.1. The number of nitrogens with one attached hydrogen (secondary N) is 1. The SMILES string of the molecule is CC(=O)C(CN)NCc1ccccc1. The Kier molecular flexibility index (Phi) is 4.29. The van der Waals surface area contributed by atoms with Gasteiger partial charge < -0.3 is 11.1 Å². The van der Waals surface area contributed by atoms with Crippen LogP contribution in [0.2, 0.25) is 0 Å². The van der Waals surface area contributed by atoms with E-state index in [1.165, 1.54) is 0 Å². The molecule has 3 N–H and O–H groups in total. The summed E-state index contributed by atoms with van der Waals surface area (Å²) in [4.78, 5) is 11.1. The monoisotopic (exact) mass is 192 g/mol. The summed E-state index contributed by atoms with van der Waals surface area (Å²) in [6, 6.07) is 9.72. The summed E-state index contributed by atoms with van der Waals surface area (Å²) in [5.74, 6) is 0.0865. The molecule has 0 heterocycles. The summed E-state index contributed by atoms with van der Waals surface area (Å²) in [5.41, 5.74) is 6.61. The zero-order chi connectivity index (χ0) is 10.4. The third-order valence-electron chi connectivity index (χ3n) is 2.12. The van der Waals surface area contributed by atoms with Gasteiger partial charge in [0, 0.05) is 13.1 Å². The van der Waals surface area contributed by atoms with Crippen LogP contribution in [0.5, 0.6) is 0 Å². The van der Waals surface area contributed by atoms with Gasteiger partial charge in [-0.1, -0.05) is 30.3 Å². The van der Waals surface area contributed by atoms with E-state index in [0.717, 1.165) is 5.56 Å². The van der Waals surface area contributed by atoms with E-state index in [2.05, 4.69) is 5.32 Å². The van der Waals surface area contributed by atoms with Crippen molar-refractivity contribution < 1.29 is 4.79 Å². The van der Waals surface area contributed by atoms with E-state index in [-0.39, 0.29) is 11.8 Å². The number of hydrogen-bond acceptors (Lipinski definition) is 3. The minimum absolute atomic E-state index is 0.0865. The highest BCUT2D eigenvalue weighted by Crippen LogP contribution is 1.98. The highest BCUT2D eigenvalue weighted by Gasteiger charge is 2.10. The van der Waals surface area contributed by atoms with Gasteiger partial charge in [0.05, 0.1) is 6.04 Å². The molecule has 1 aromatic carbocycles. The van der Waals surface area contributed by atoms with E-state index in [1.54, 1.807) is 6.92 Å². The van der Waals surface area contributed by atoms with Gasteiger partial charge in [-0.3, -0.25) is 4.79 Å². The molecule has 1 aromatic rings. The number of ketones is 1. The second-order valence-corrected chi connectivity index (χ2v) is 3.27. The molecule has 1 rings (SSSR count). The molecule has 0 saturated heterocycles. The molecule has 0 aromatic heterocycles. The molecule has 1 unspecified atom stereocenters. The zero-order valence-electron chi connectivity index (χ0n) is 8.36. The number of benzene rings is 1. The van der Waals surface area contributed by atoms with Crippen LogP contribution in [0.15, 0.2) is 30.3 Å². The Morgan fingerprint density at radius 2 is 2.07 bits per heavy atom. The fourth-order valence-corrected chi connectivity index (χ4v) is 1.23. The van der Waals surface area contributed by atoms with Gasteiger partial charge in [-0.2, -0.15) is 0 Å². The number of carbonyl (C=O) groups excluding carboxylic acids is 1. The fraction of sp³-hybridized carbons (Fsp3) is 0.364. The summed E-state index contributed by atoms with van der Waals surface area (Å²) in [7, 11) is 0. The lowest BCUT2D eigenvalue weighted by atomic mass is 10.1. The molecular weight excluding hydrogens is 176 g/mol. The third kappa shape index (κ3) is 3.28. The van der Waals surface area contributed by atoms with Gasteiger partial charge in [-0.05, 0) is 12.5 Å². The summed E-state index contributed by atoms with van der Waals surface area (Å²) < 4.78 is 0. The van der Waals surface area contributed by atoms with Gasteiger partial charge in [0.15, 0.2) is 0 Å². The number of hydrogen-bond donors (Lipinski definition) is 2. The van der Waals surface area contributed by atoms with Gasteiger partial charge in [-0.15, -0.1) is 0 Å². The van der Waals surface area contributed by atoms with E-state index in [4.69, 9.17) is 5.73 Å². The van der Waals surface area contributed by atoms with Crippen LogP contribution < -0.4 is 11.1 Å². The predicted molar refractivity (Wildman–Crippen MR) is 56.8 cm³/mol. The first-order valence-corrected chi connectivity index (χ1v) is 4.72. The minimum atomic E-state index is -0.227. The largest absolute Gasteiger partial charge is 0.328 e. The molecule has 3 nitrogen and oxygen atoms in total. The van der Waals surface area contributed by atoms with Crippen molar-refractivity contribution in [2.45, 2.75) is 19.5 Å². The lowest BCUT2D eigenvalue weighted by Gasteiger charge is -2.13. The maximum Gasteiger partial charge on any atom is 0.147 e. The molecule has 0 fully saturated rings. The summed E-state index contributed by atoms with van der Waals surface area (Å²) >= 11 is 0. The lowest BCUT2D eigenvalue weighted by molar-refractivity contribution is -0.118. The standard InChI is InChI=1S/C11H16N2O/c1-9(14)11(7-12)13-8-10-5-3-2-4-6-10/h2-6,11,13H,7-8,12H2,1H3. The van der Waals surface area contributed by atoms with Gasteiger partial charge in [0.1, 0.15) is 5.78 Å². The van der Waals surface area contributed by atoms with E-state index in [0.29, 0.717) is 13.1 Å². The fourth-order valence-electron chi connectivity index (χ4n) is 1.23. The van der Waals surface area contributed by atoms with Crippen LogP contribution in [0.4, 0.5) is 0 Å². The van der Waals surface area contributed by atoms with Gasteiger partial charge in [0.25, 0.3) is 0 Å². The van der Waals surface area contributed by atoms with E-state index < -0.39 is 0 Å². The molecule has 0 aliphatic rings. The van der Waals surface area contributed by atoms with Crippen molar-refractivity contribution in [2.24, 2.45) is 5.73 Å². The molecule has 0 radical (unpaired) electrons. The first-order valence-electron chi connectivity index (χ1n) is 4.72. The van der Waals surface area contributed by atoms with Crippen molar-refractivity contribution in [1.82, 2.24) is 5.32 Å². The molecule has 0 saturated carbocycles. The molecule has 3 heteroatoms. The van der Waals surface area contributed by atoms with Crippen LogP contribution in [0.1, 0.15) is 12.5 Å². The topological polar surface area (TPSA) is 55.1 Å². The molecule has 76 valence electrons. The Bertz CT molecular complexity index is 285. The number of carbonyl (C=O) groups is 1. The zero-order valence-corrected chi connectivity index (χ0v) is 8.36. The first-order chi connectivity index (χ1) is 6.74. The highest BCUT2D eigenvalue weighted by molar-refractivity contribution is 5.81. The van der Waals surface area contributed by atoms with Crippen molar-refractivity contribution in [3.8, 4) is 0 Å². The summed E-state index contributed by atoms with van der Waals surface area (Å²) in [5, 5.41) is 3.11. The lowest BCUT2D eigenvalue weighted by Crippen LogP contribution is -2.41. The maximum absolute atomic E-state index is 11.1. The van der Waals surface area contributed by atoms with Crippen molar-refractivity contribution in [3.05, 3.63) is 35.9 Å². The molecular formula is C11H16N2O. The van der Waals surface area contributed by atoms with Gasteiger partial charge in [-0.25, -0.2) is 0 Å². The Labute approximate surface area is 84.3 Å². The van der Waals surface area contributed by atoms with Gasteiger partial charge in [0.2, 0.25) is 0 Å². The normalized spacial score (nSPS) is 12.4. The number of rotatable bonds is 5. The molecule has 0 spiro atoms. The van der Waals surface area contributed by atoms with Crippen LogP contribution >= 0.6 is 0 Å². The van der Waals surface area contributed by atoms with Crippen LogP contribution in [0, 0.1) is 0 Å². The summed E-state index contributed by atoms with van der Waals surface area (Å²) in [6.07, 6.45) is 0. The molecule has 14 heavy (non-hydrogen) atoms. The summed E-state index contributed by atoms with van der Waals surface area (Å²) in [6.45, 7) is 2.58. The van der Waals surface area contributed by atoms with Crippen LogP contribution in [-0.4, -0.2) is 18.4 Å². The average molecular weight is 192 g/mol. The molecule has 0 aliphatic heterocycles. The first kappa shape index (κ1) is 10.9. The minimum Gasteiger partial charge on any atom is -0.328 e. The van der Waals surface area contributed by atoms with Crippen LogP contribution in [0.3, 0.4) is 0 Å². The second kappa shape index (κ2) is 5.52. The van der Waals surface area contributed by atoms with Crippen molar-refractivity contribution in [3.63, 3.8) is 0 Å². The molecule has 1 atom stereocenters. The Hall–Kier alpha value is -1.19. The molecule has 0 amide bonds. The Morgan fingerprint density at radius 1 is 1.43 bits per heavy atom. The average Bonchev–Trinajstić information content (AvgIpc) is 2.20. The number of nitrogens with two attached hydrogens (primary N) is 1. The van der Waals surface area contributed by atoms with Crippen LogP contribution in [0.25, 0.3) is 0 Å². The predicted octanol–water partition coefficient (Wildman–Crippen LogP) is 0.693. The van der Waals surface area contributed by atoms with Crippen molar-refractivity contribution >= 4 is 5.78 Å². The van der Waals surface area contributed by atoms with E-state index in [9.17, 15) is 4.79 Å². The van der Waals surface area contributed by atoms with Gasteiger partial charge >= 0.3 is 0 Å². The Balaban J connectivity index is 2.44. The second-order valence-electron chi connectivity index (χ2n) is 3.27. The van der Waals surface area contributed by atoms with E-state index in [1.807, 2.05) is 30.3 Å². The smallest absolute Gasteiger partial charge is 0.147 e. The quantitative estimate of drug-likeness (QED) is 0.721. The molecule has 0 bridgehead atoms. The van der Waals surface area contributed by atoms with Crippen molar-refractivity contribution in [1.29, 1.82) is 0 Å². The van der Waals surface area contributed by atoms with Crippen molar-refractivity contribution in [2.75, 3.05) is 6.54 Å². The third-order valence-corrected chi connectivity index (χ3v) is 2.12. The molecule has 0 aliphatic carbocycles. The maximum atomic E-state index is 11.1. The van der Waals surface area contributed by atoms with E-state index >= 15 is 0 Å². The number of Topliss-reactive ketones (excluding diaryl/α,β-unsaturated/α-hetero) is 1.